The Balaban J connectivity index is 1.91. The molecule has 3 rings (SSSR count). The van der Waals surface area contributed by atoms with Crippen molar-refractivity contribution >= 4 is 15.9 Å². The lowest BCUT2D eigenvalue weighted by atomic mass is 10.1. The number of hydrogen-bond acceptors (Lipinski definition) is 3. The normalized spacial score (nSPS) is 16.1. The molecule has 0 amide bonds. The van der Waals surface area contributed by atoms with Gasteiger partial charge in [0, 0.05) is 23.1 Å². The van der Waals surface area contributed by atoms with Crippen LogP contribution in [0.4, 0.5) is 0 Å². The molecule has 1 aromatic carbocycles. The van der Waals surface area contributed by atoms with E-state index < -0.39 is 0 Å². The van der Waals surface area contributed by atoms with Crippen LogP contribution < -0.4 is 5.32 Å². The molecule has 0 radical (unpaired) electrons. The van der Waals surface area contributed by atoms with E-state index in [1.165, 1.54) is 0 Å². The van der Waals surface area contributed by atoms with Gasteiger partial charge in [-0.25, -0.2) is 4.68 Å². The van der Waals surface area contributed by atoms with Crippen LogP contribution in [0.3, 0.4) is 0 Å². The minimum atomic E-state index is 0.466. The van der Waals surface area contributed by atoms with Crippen molar-refractivity contribution in [2.24, 2.45) is 0 Å². The first-order valence-corrected chi connectivity index (χ1v) is 6.01. The standard InChI is InChI=1S/C11H11BrN4/c12-9-3-1-2-8(4-9)11-7-16(15-14-11)10-5-13-6-10/h1-4,7,10,13H,5-6H2. The van der Waals surface area contributed by atoms with Gasteiger partial charge in [0.1, 0.15) is 5.69 Å². The van der Waals surface area contributed by atoms with Gasteiger partial charge in [-0.15, -0.1) is 5.10 Å². The van der Waals surface area contributed by atoms with Crippen LogP contribution >= 0.6 is 15.9 Å². The quantitative estimate of drug-likeness (QED) is 0.912. The first kappa shape index (κ1) is 9.99. The lowest BCUT2D eigenvalue weighted by Crippen LogP contribution is -2.43. The van der Waals surface area contributed by atoms with Gasteiger partial charge in [-0.3, -0.25) is 0 Å². The summed E-state index contributed by atoms with van der Waals surface area (Å²) in [5, 5.41) is 11.6. The Morgan fingerprint density at radius 2 is 2.25 bits per heavy atom. The van der Waals surface area contributed by atoms with Crippen molar-refractivity contribution < 1.29 is 0 Å². The van der Waals surface area contributed by atoms with Crippen molar-refractivity contribution in [3.63, 3.8) is 0 Å². The first-order chi connectivity index (χ1) is 7.83. The highest BCUT2D eigenvalue weighted by molar-refractivity contribution is 9.10. The van der Waals surface area contributed by atoms with E-state index in [1.807, 2.05) is 35.1 Å². The third kappa shape index (κ3) is 1.76. The summed E-state index contributed by atoms with van der Waals surface area (Å²) in [6.07, 6.45) is 2.01. The number of halogens is 1. The van der Waals surface area contributed by atoms with Gasteiger partial charge in [-0.2, -0.15) is 0 Å². The molecule has 1 aliphatic rings. The number of aromatic nitrogens is 3. The average Bonchev–Trinajstić information content (AvgIpc) is 2.64. The van der Waals surface area contributed by atoms with E-state index in [1.54, 1.807) is 0 Å². The number of rotatable bonds is 2. The van der Waals surface area contributed by atoms with Gasteiger partial charge in [-0.05, 0) is 12.1 Å². The molecule has 0 aliphatic carbocycles. The summed E-state index contributed by atoms with van der Waals surface area (Å²) in [7, 11) is 0. The van der Waals surface area contributed by atoms with E-state index in [2.05, 4.69) is 31.6 Å². The molecule has 5 heteroatoms. The monoisotopic (exact) mass is 278 g/mol. The van der Waals surface area contributed by atoms with Crippen LogP contribution in [0.1, 0.15) is 6.04 Å². The lowest BCUT2D eigenvalue weighted by Gasteiger charge is -2.26. The summed E-state index contributed by atoms with van der Waals surface area (Å²) >= 11 is 3.46. The first-order valence-electron chi connectivity index (χ1n) is 5.21. The zero-order valence-electron chi connectivity index (χ0n) is 8.60. The molecule has 2 heterocycles. The second-order valence-electron chi connectivity index (χ2n) is 3.91. The third-order valence-corrected chi connectivity index (χ3v) is 3.26. The fraction of sp³-hybridized carbons (Fsp3) is 0.273. The van der Waals surface area contributed by atoms with Gasteiger partial charge < -0.3 is 5.32 Å². The SMILES string of the molecule is Brc1cccc(-c2cn(C3CNC3)nn2)c1. The Kier molecular flexibility index (Phi) is 2.49. The van der Waals surface area contributed by atoms with Crippen LogP contribution in [-0.4, -0.2) is 28.1 Å². The van der Waals surface area contributed by atoms with Crippen LogP contribution in [0.15, 0.2) is 34.9 Å². The molecule has 0 bridgehead atoms. The van der Waals surface area contributed by atoms with E-state index >= 15 is 0 Å². The van der Waals surface area contributed by atoms with Crippen LogP contribution in [0.5, 0.6) is 0 Å². The van der Waals surface area contributed by atoms with E-state index in [0.717, 1.165) is 28.8 Å². The van der Waals surface area contributed by atoms with E-state index in [9.17, 15) is 0 Å². The molecule has 1 fully saturated rings. The topological polar surface area (TPSA) is 42.7 Å². The highest BCUT2D eigenvalue weighted by Gasteiger charge is 2.20. The van der Waals surface area contributed by atoms with Crippen molar-refractivity contribution in [2.45, 2.75) is 6.04 Å². The molecule has 16 heavy (non-hydrogen) atoms. The largest absolute Gasteiger partial charge is 0.312 e. The molecule has 1 N–H and O–H groups in total. The molecule has 0 spiro atoms. The molecule has 1 aliphatic heterocycles. The maximum Gasteiger partial charge on any atom is 0.113 e. The lowest BCUT2D eigenvalue weighted by molar-refractivity contribution is 0.313. The third-order valence-electron chi connectivity index (χ3n) is 2.76. The minimum absolute atomic E-state index is 0.466. The smallest absolute Gasteiger partial charge is 0.113 e. The Labute approximate surface area is 102 Å². The number of benzene rings is 1. The van der Waals surface area contributed by atoms with Crippen molar-refractivity contribution in [2.75, 3.05) is 13.1 Å². The van der Waals surface area contributed by atoms with Crippen molar-refractivity contribution in [1.82, 2.24) is 20.3 Å². The van der Waals surface area contributed by atoms with Crippen LogP contribution in [0.25, 0.3) is 11.3 Å². The van der Waals surface area contributed by atoms with Gasteiger partial charge in [0.25, 0.3) is 0 Å². The fourth-order valence-corrected chi connectivity index (χ4v) is 2.09. The van der Waals surface area contributed by atoms with Crippen LogP contribution in [-0.2, 0) is 0 Å². The number of nitrogens with one attached hydrogen (secondary N) is 1. The fourth-order valence-electron chi connectivity index (χ4n) is 1.70. The zero-order chi connectivity index (χ0) is 11.0. The van der Waals surface area contributed by atoms with Crippen LogP contribution in [0, 0.1) is 0 Å². The summed E-state index contributed by atoms with van der Waals surface area (Å²) in [6, 6.07) is 8.56. The highest BCUT2D eigenvalue weighted by atomic mass is 79.9. The zero-order valence-corrected chi connectivity index (χ0v) is 10.2. The summed E-state index contributed by atoms with van der Waals surface area (Å²) in [6.45, 7) is 1.97. The van der Waals surface area contributed by atoms with Gasteiger partial charge >= 0.3 is 0 Å². The molecule has 0 saturated carbocycles. The minimum Gasteiger partial charge on any atom is -0.312 e. The van der Waals surface area contributed by atoms with Gasteiger partial charge in [0.05, 0.1) is 12.2 Å². The predicted octanol–water partition coefficient (Wildman–Crippen LogP) is 1.85. The van der Waals surface area contributed by atoms with Gasteiger partial charge in [0.15, 0.2) is 0 Å². The van der Waals surface area contributed by atoms with E-state index in [-0.39, 0.29) is 0 Å². The van der Waals surface area contributed by atoms with Gasteiger partial charge in [-0.1, -0.05) is 33.3 Å². The molecular formula is C11H11BrN4. The van der Waals surface area contributed by atoms with Gasteiger partial charge in [0.2, 0.25) is 0 Å². The number of hydrogen-bond donors (Lipinski definition) is 1. The van der Waals surface area contributed by atoms with Crippen molar-refractivity contribution in [1.29, 1.82) is 0 Å². The molecule has 2 aromatic rings. The Hall–Kier alpha value is -1.20. The van der Waals surface area contributed by atoms with Crippen molar-refractivity contribution in [3.05, 3.63) is 34.9 Å². The summed E-state index contributed by atoms with van der Waals surface area (Å²) in [4.78, 5) is 0. The average molecular weight is 279 g/mol. The van der Waals surface area contributed by atoms with E-state index in [0.29, 0.717) is 6.04 Å². The molecule has 1 aromatic heterocycles. The Morgan fingerprint density at radius 1 is 1.38 bits per heavy atom. The summed E-state index contributed by atoms with van der Waals surface area (Å²) in [5.41, 5.74) is 2.01. The predicted molar refractivity (Wildman–Crippen MR) is 65.1 cm³/mol. The summed E-state index contributed by atoms with van der Waals surface area (Å²) in [5.74, 6) is 0. The van der Waals surface area contributed by atoms with E-state index in [4.69, 9.17) is 0 Å². The second-order valence-corrected chi connectivity index (χ2v) is 4.82. The maximum atomic E-state index is 4.19. The molecule has 82 valence electrons. The summed E-state index contributed by atoms with van der Waals surface area (Å²) < 4.78 is 3.00. The molecule has 1 saturated heterocycles. The molecule has 0 atom stereocenters. The number of nitrogens with zero attached hydrogens (tertiary/aromatic N) is 3. The molecular weight excluding hydrogens is 268 g/mol. The Morgan fingerprint density at radius 3 is 2.94 bits per heavy atom. The van der Waals surface area contributed by atoms with Crippen molar-refractivity contribution in [3.8, 4) is 11.3 Å². The second kappa shape index (κ2) is 3.99. The van der Waals surface area contributed by atoms with Crippen LogP contribution in [0.2, 0.25) is 0 Å². The maximum absolute atomic E-state index is 4.19. The molecule has 0 unspecified atom stereocenters. The Bertz CT molecular complexity index is 504. The highest BCUT2D eigenvalue weighted by Crippen LogP contribution is 2.22. The molecule has 4 nitrogen and oxygen atoms in total.